The van der Waals surface area contributed by atoms with Crippen molar-refractivity contribution in [3.8, 4) is 0 Å². The number of hydrogen-bond donors (Lipinski definition) is 1. The zero-order chi connectivity index (χ0) is 18.7. The molecule has 1 unspecified atom stereocenters. The molecule has 1 aromatic carbocycles. The molecule has 0 spiro atoms. The second-order valence-corrected chi connectivity index (χ2v) is 6.54. The summed E-state index contributed by atoms with van der Waals surface area (Å²) in [5.74, 6) is -0.352. The Morgan fingerprint density at radius 2 is 1.76 bits per heavy atom. The van der Waals surface area contributed by atoms with Crippen LogP contribution in [0.15, 0.2) is 30.3 Å². The average molecular weight is 369 g/mol. The lowest BCUT2D eigenvalue weighted by molar-refractivity contribution is -0.155. The lowest BCUT2D eigenvalue weighted by atomic mass is 10.1. The molecule has 1 atom stereocenters. The molecular formula is C17H23NO6S. The van der Waals surface area contributed by atoms with Crippen molar-refractivity contribution in [2.75, 3.05) is 12.5 Å². The van der Waals surface area contributed by atoms with Gasteiger partial charge in [-0.05, 0) is 23.2 Å². The van der Waals surface area contributed by atoms with Gasteiger partial charge in [-0.25, -0.2) is 14.4 Å². The number of amides is 1. The second-order valence-electron chi connectivity index (χ2n) is 5.34. The van der Waals surface area contributed by atoms with E-state index >= 15 is 0 Å². The lowest BCUT2D eigenvalue weighted by Gasteiger charge is -2.20. The van der Waals surface area contributed by atoms with Gasteiger partial charge in [-0.1, -0.05) is 51.1 Å². The molecule has 1 N–H and O–H groups in total. The maximum Gasteiger partial charge on any atom is 0.408 e. The molecule has 0 saturated carbocycles. The largest absolute Gasteiger partial charge is 0.445 e. The van der Waals surface area contributed by atoms with Gasteiger partial charge in [0.2, 0.25) is 6.79 Å². The number of hydrogen-bond acceptors (Lipinski definition) is 7. The molecule has 0 aliphatic heterocycles. The van der Waals surface area contributed by atoms with E-state index < -0.39 is 30.2 Å². The highest BCUT2D eigenvalue weighted by Crippen LogP contribution is 2.08. The van der Waals surface area contributed by atoms with Gasteiger partial charge in [-0.2, -0.15) is 0 Å². The number of ether oxygens (including phenoxy) is 3. The lowest BCUT2D eigenvalue weighted by Crippen LogP contribution is -2.45. The summed E-state index contributed by atoms with van der Waals surface area (Å²) in [6.07, 6.45) is -0.724. The smallest absolute Gasteiger partial charge is 0.408 e. The molecule has 7 nitrogen and oxygen atoms in total. The predicted octanol–water partition coefficient (Wildman–Crippen LogP) is 3.33. The van der Waals surface area contributed by atoms with Crippen LogP contribution in [-0.2, 0) is 25.6 Å². The fraction of sp³-hybridized carbons (Fsp3) is 0.471. The van der Waals surface area contributed by atoms with Crippen LogP contribution in [-0.4, -0.2) is 36.0 Å². The van der Waals surface area contributed by atoms with Gasteiger partial charge in [0.1, 0.15) is 12.6 Å². The Kier molecular flexibility index (Phi) is 9.46. The molecule has 0 aliphatic carbocycles. The molecule has 1 aromatic rings. The quantitative estimate of drug-likeness (QED) is 0.555. The van der Waals surface area contributed by atoms with Crippen LogP contribution in [0.5, 0.6) is 0 Å². The Hall–Kier alpha value is -2.22. The Morgan fingerprint density at radius 3 is 2.36 bits per heavy atom. The third kappa shape index (κ3) is 8.44. The third-order valence-electron chi connectivity index (χ3n) is 3.05. The van der Waals surface area contributed by atoms with E-state index in [-0.39, 0.29) is 12.5 Å². The Labute approximate surface area is 151 Å². The van der Waals surface area contributed by atoms with Crippen LogP contribution in [0.4, 0.5) is 9.59 Å². The van der Waals surface area contributed by atoms with Crippen molar-refractivity contribution in [1.29, 1.82) is 0 Å². The van der Waals surface area contributed by atoms with Crippen molar-refractivity contribution in [3.63, 3.8) is 0 Å². The van der Waals surface area contributed by atoms with Gasteiger partial charge in [-0.15, -0.1) is 0 Å². The standard InChI is InChI=1S/C17H23NO6S/c1-4-25-17(21)24-11-23-15(19)14(12(2)3)18-16(20)22-10-13-8-6-5-7-9-13/h5-9,12,14H,4,10-11H2,1-3H3,(H,18,20). The molecule has 0 radical (unpaired) electrons. The van der Waals surface area contributed by atoms with Gasteiger partial charge in [0.25, 0.3) is 0 Å². The molecule has 0 aliphatic rings. The van der Waals surface area contributed by atoms with E-state index in [1.165, 1.54) is 0 Å². The second kappa shape index (κ2) is 11.4. The minimum atomic E-state index is -0.902. The first-order valence-electron chi connectivity index (χ1n) is 7.87. The van der Waals surface area contributed by atoms with Gasteiger partial charge in [0.15, 0.2) is 0 Å². The van der Waals surface area contributed by atoms with E-state index in [0.29, 0.717) is 5.75 Å². The fourth-order valence-electron chi connectivity index (χ4n) is 1.77. The first kappa shape index (κ1) is 20.8. The number of carbonyl (C=O) groups excluding carboxylic acids is 3. The van der Waals surface area contributed by atoms with Crippen molar-refractivity contribution in [3.05, 3.63) is 35.9 Å². The minimum absolute atomic E-state index is 0.0956. The van der Waals surface area contributed by atoms with Gasteiger partial charge in [0.05, 0.1) is 0 Å². The summed E-state index contributed by atoms with van der Waals surface area (Å²) in [6, 6.07) is 8.28. The number of rotatable bonds is 8. The summed E-state index contributed by atoms with van der Waals surface area (Å²) in [5, 5.41) is 1.95. The highest BCUT2D eigenvalue weighted by molar-refractivity contribution is 8.13. The van der Waals surface area contributed by atoms with Crippen LogP contribution in [0.2, 0.25) is 0 Å². The zero-order valence-electron chi connectivity index (χ0n) is 14.5. The van der Waals surface area contributed by atoms with Crippen molar-refractivity contribution >= 4 is 29.1 Å². The van der Waals surface area contributed by atoms with Crippen molar-refractivity contribution in [2.45, 2.75) is 33.4 Å². The highest BCUT2D eigenvalue weighted by atomic mass is 32.2. The maximum absolute atomic E-state index is 12.0. The Bertz CT molecular complexity index is 564. The number of carbonyl (C=O) groups is 3. The van der Waals surface area contributed by atoms with E-state index in [9.17, 15) is 14.4 Å². The topological polar surface area (TPSA) is 90.9 Å². The number of alkyl carbamates (subject to hydrolysis) is 1. The van der Waals surface area contributed by atoms with E-state index in [4.69, 9.17) is 14.2 Å². The fourth-order valence-corrected chi connectivity index (χ4v) is 2.14. The summed E-state index contributed by atoms with van der Waals surface area (Å²) < 4.78 is 14.7. The van der Waals surface area contributed by atoms with Crippen LogP contribution < -0.4 is 5.32 Å². The van der Waals surface area contributed by atoms with Gasteiger partial charge < -0.3 is 19.5 Å². The molecule has 8 heteroatoms. The Morgan fingerprint density at radius 1 is 1.08 bits per heavy atom. The first-order chi connectivity index (χ1) is 11.9. The molecule has 0 fully saturated rings. The molecule has 0 bridgehead atoms. The Balaban J connectivity index is 2.42. The summed E-state index contributed by atoms with van der Waals surface area (Å²) in [7, 11) is 0. The van der Waals surface area contributed by atoms with E-state index in [0.717, 1.165) is 17.3 Å². The van der Waals surface area contributed by atoms with E-state index in [1.807, 2.05) is 30.3 Å². The number of benzene rings is 1. The third-order valence-corrected chi connectivity index (χ3v) is 3.69. The molecule has 0 saturated heterocycles. The number of thioether (sulfide) groups is 1. The van der Waals surface area contributed by atoms with Gasteiger partial charge >= 0.3 is 17.4 Å². The number of nitrogens with one attached hydrogen (secondary N) is 1. The van der Waals surface area contributed by atoms with Gasteiger partial charge in [0, 0.05) is 5.75 Å². The van der Waals surface area contributed by atoms with Crippen LogP contribution >= 0.6 is 11.8 Å². The molecule has 0 heterocycles. The molecule has 1 rings (SSSR count). The normalized spacial score (nSPS) is 11.5. The SMILES string of the molecule is CCSC(=O)OCOC(=O)C(NC(=O)OCc1ccccc1)C(C)C. The van der Waals surface area contributed by atoms with Crippen LogP contribution in [0.3, 0.4) is 0 Å². The zero-order valence-corrected chi connectivity index (χ0v) is 15.3. The van der Waals surface area contributed by atoms with Crippen molar-refractivity contribution in [2.24, 2.45) is 5.92 Å². The van der Waals surface area contributed by atoms with E-state index in [2.05, 4.69) is 5.32 Å². The monoisotopic (exact) mass is 369 g/mol. The van der Waals surface area contributed by atoms with Gasteiger partial charge in [-0.3, -0.25) is 0 Å². The number of esters is 1. The van der Waals surface area contributed by atoms with Crippen LogP contribution in [0, 0.1) is 5.92 Å². The minimum Gasteiger partial charge on any atom is -0.445 e. The molecule has 0 aromatic heterocycles. The average Bonchev–Trinajstić information content (AvgIpc) is 2.58. The van der Waals surface area contributed by atoms with Crippen LogP contribution in [0.25, 0.3) is 0 Å². The molecule has 1 amide bonds. The van der Waals surface area contributed by atoms with Crippen molar-refractivity contribution in [1.82, 2.24) is 5.32 Å². The van der Waals surface area contributed by atoms with Crippen molar-refractivity contribution < 1.29 is 28.6 Å². The first-order valence-corrected chi connectivity index (χ1v) is 8.86. The molecular weight excluding hydrogens is 346 g/mol. The predicted molar refractivity (Wildman–Crippen MR) is 94.0 cm³/mol. The summed E-state index contributed by atoms with van der Waals surface area (Å²) in [6.45, 7) is 4.91. The molecule has 138 valence electrons. The maximum atomic E-state index is 12.0. The van der Waals surface area contributed by atoms with Crippen LogP contribution in [0.1, 0.15) is 26.3 Å². The van der Waals surface area contributed by atoms with E-state index in [1.54, 1.807) is 20.8 Å². The summed E-state index contributed by atoms with van der Waals surface area (Å²) in [5.41, 5.74) is 0.835. The molecule has 25 heavy (non-hydrogen) atoms. The highest BCUT2D eigenvalue weighted by Gasteiger charge is 2.26. The summed E-state index contributed by atoms with van der Waals surface area (Å²) >= 11 is 0.971. The summed E-state index contributed by atoms with van der Waals surface area (Å²) in [4.78, 5) is 35.1.